The summed E-state index contributed by atoms with van der Waals surface area (Å²) in [6, 6.07) is 0. The molecule has 1 fully saturated rings. The number of amides is 1. The van der Waals surface area contributed by atoms with E-state index in [1.54, 1.807) is 0 Å². The van der Waals surface area contributed by atoms with E-state index in [0.717, 1.165) is 19.3 Å². The molecule has 0 aromatic rings. The number of hydrogen-bond donors (Lipinski definition) is 2. The van der Waals surface area contributed by atoms with E-state index in [0.29, 0.717) is 11.8 Å². The molecule has 0 heterocycles. The van der Waals surface area contributed by atoms with Gasteiger partial charge in [-0.1, -0.05) is 33.6 Å². The molecule has 106 valence electrons. The van der Waals surface area contributed by atoms with Gasteiger partial charge in [0, 0.05) is 0 Å². The fourth-order valence-electron chi connectivity index (χ4n) is 3.29. The van der Waals surface area contributed by atoms with Crippen molar-refractivity contribution < 1.29 is 9.90 Å². The van der Waals surface area contributed by atoms with Crippen LogP contribution in [0.4, 0.5) is 0 Å². The Morgan fingerprint density at radius 3 is 2.50 bits per heavy atom. The molecule has 1 rings (SSSR count). The Kier molecular flexibility index (Phi) is 4.82. The van der Waals surface area contributed by atoms with Crippen molar-refractivity contribution in [3.05, 3.63) is 0 Å². The summed E-state index contributed by atoms with van der Waals surface area (Å²) in [5.41, 5.74) is -0.791. The van der Waals surface area contributed by atoms with Crippen LogP contribution in [-0.4, -0.2) is 23.2 Å². The Labute approximate surface area is 111 Å². The molecule has 0 spiro atoms. The normalized spacial score (nSPS) is 29.4. The van der Waals surface area contributed by atoms with Gasteiger partial charge >= 0.3 is 0 Å². The third-order valence-electron chi connectivity index (χ3n) is 4.66. The van der Waals surface area contributed by atoms with Gasteiger partial charge in [-0.2, -0.15) is 0 Å². The zero-order valence-corrected chi connectivity index (χ0v) is 12.5. The molecule has 0 saturated heterocycles. The fraction of sp³-hybridized carbons (Fsp3) is 0.933. The Morgan fingerprint density at radius 2 is 2.06 bits per heavy atom. The van der Waals surface area contributed by atoms with Crippen LogP contribution < -0.4 is 5.32 Å². The van der Waals surface area contributed by atoms with E-state index in [9.17, 15) is 9.90 Å². The van der Waals surface area contributed by atoms with E-state index in [-0.39, 0.29) is 17.9 Å². The van der Waals surface area contributed by atoms with Crippen molar-refractivity contribution in [3.63, 3.8) is 0 Å². The molecule has 1 aliphatic rings. The largest absolute Gasteiger partial charge is 0.394 e. The summed E-state index contributed by atoms with van der Waals surface area (Å²) in [7, 11) is 0. The van der Waals surface area contributed by atoms with E-state index in [1.165, 1.54) is 6.42 Å². The number of rotatable bonds is 4. The maximum atomic E-state index is 12.7. The fourth-order valence-corrected chi connectivity index (χ4v) is 3.29. The lowest BCUT2D eigenvalue weighted by molar-refractivity contribution is -0.142. The number of hydrogen-bond acceptors (Lipinski definition) is 2. The van der Waals surface area contributed by atoms with Crippen molar-refractivity contribution in [3.8, 4) is 0 Å². The van der Waals surface area contributed by atoms with Crippen LogP contribution in [0.2, 0.25) is 0 Å². The van der Waals surface area contributed by atoms with Gasteiger partial charge in [0.2, 0.25) is 5.91 Å². The molecule has 2 N–H and O–H groups in total. The third-order valence-corrected chi connectivity index (χ3v) is 4.66. The molecule has 2 unspecified atom stereocenters. The molecule has 3 nitrogen and oxygen atoms in total. The molecule has 0 aromatic heterocycles. The number of carbonyl (C=O) groups is 1. The highest BCUT2D eigenvalue weighted by molar-refractivity contribution is 5.84. The van der Waals surface area contributed by atoms with Gasteiger partial charge in [-0.25, -0.2) is 0 Å². The first-order chi connectivity index (χ1) is 8.26. The van der Waals surface area contributed by atoms with Gasteiger partial charge in [-0.05, 0) is 38.5 Å². The molecule has 3 heteroatoms. The lowest BCUT2D eigenvalue weighted by Gasteiger charge is -2.46. The van der Waals surface area contributed by atoms with Crippen LogP contribution in [0.3, 0.4) is 0 Å². The summed E-state index contributed by atoms with van der Waals surface area (Å²) in [5.74, 6) is 0.881. The monoisotopic (exact) mass is 255 g/mol. The van der Waals surface area contributed by atoms with Crippen LogP contribution in [0.15, 0.2) is 0 Å². The second-order valence-corrected chi connectivity index (χ2v) is 6.84. The molecule has 0 aliphatic heterocycles. The average Bonchev–Trinajstić information content (AvgIpc) is 2.28. The summed E-state index contributed by atoms with van der Waals surface area (Å²) < 4.78 is 0. The SMILES string of the molecule is CC(C)C1(C(=O)NC(C)(C)CO)CCCCC1C. The Hall–Kier alpha value is -0.570. The van der Waals surface area contributed by atoms with Gasteiger partial charge in [-0.15, -0.1) is 0 Å². The number of carbonyl (C=O) groups excluding carboxylic acids is 1. The van der Waals surface area contributed by atoms with Crippen molar-refractivity contribution in [2.24, 2.45) is 17.3 Å². The molecule has 0 aromatic carbocycles. The van der Waals surface area contributed by atoms with Gasteiger partial charge in [0.15, 0.2) is 0 Å². The van der Waals surface area contributed by atoms with Gasteiger partial charge < -0.3 is 10.4 Å². The first kappa shape index (κ1) is 15.5. The minimum absolute atomic E-state index is 0.0265. The van der Waals surface area contributed by atoms with Crippen LogP contribution in [0.5, 0.6) is 0 Å². The van der Waals surface area contributed by atoms with Crippen LogP contribution in [0.25, 0.3) is 0 Å². The average molecular weight is 255 g/mol. The van der Waals surface area contributed by atoms with Crippen LogP contribution >= 0.6 is 0 Å². The van der Waals surface area contributed by atoms with Gasteiger partial charge in [0.1, 0.15) is 0 Å². The first-order valence-corrected chi connectivity index (χ1v) is 7.20. The lowest BCUT2D eigenvalue weighted by atomic mass is 9.60. The second kappa shape index (κ2) is 5.60. The molecule has 0 radical (unpaired) electrons. The second-order valence-electron chi connectivity index (χ2n) is 6.84. The Bertz CT molecular complexity index is 299. The number of nitrogens with one attached hydrogen (secondary N) is 1. The third kappa shape index (κ3) is 2.87. The maximum Gasteiger partial charge on any atom is 0.227 e. The van der Waals surface area contributed by atoms with Crippen LogP contribution in [-0.2, 0) is 4.79 Å². The van der Waals surface area contributed by atoms with E-state index in [1.807, 2.05) is 13.8 Å². The summed E-state index contributed by atoms with van der Waals surface area (Å²) in [6.45, 7) is 10.2. The number of aliphatic hydroxyl groups excluding tert-OH is 1. The Balaban J connectivity index is 2.94. The van der Waals surface area contributed by atoms with Crippen LogP contribution in [0, 0.1) is 17.3 Å². The van der Waals surface area contributed by atoms with E-state index in [4.69, 9.17) is 0 Å². The van der Waals surface area contributed by atoms with Gasteiger partial charge in [0.25, 0.3) is 0 Å². The molecular weight excluding hydrogens is 226 g/mol. The zero-order valence-electron chi connectivity index (χ0n) is 12.5. The highest BCUT2D eigenvalue weighted by Crippen LogP contribution is 2.47. The molecular formula is C15H29NO2. The van der Waals surface area contributed by atoms with Gasteiger partial charge in [0.05, 0.1) is 17.6 Å². The van der Waals surface area contributed by atoms with Crippen molar-refractivity contribution in [2.45, 2.75) is 65.8 Å². The minimum atomic E-state index is -0.532. The lowest BCUT2D eigenvalue weighted by Crippen LogP contribution is -2.56. The molecule has 2 atom stereocenters. The van der Waals surface area contributed by atoms with Crippen LogP contribution in [0.1, 0.15) is 60.3 Å². The molecule has 18 heavy (non-hydrogen) atoms. The molecule has 1 aliphatic carbocycles. The summed E-state index contributed by atoms with van der Waals surface area (Å²) in [5, 5.41) is 12.4. The Morgan fingerprint density at radius 1 is 1.44 bits per heavy atom. The molecule has 1 saturated carbocycles. The van der Waals surface area contributed by atoms with Crippen molar-refractivity contribution in [2.75, 3.05) is 6.61 Å². The van der Waals surface area contributed by atoms with Crippen molar-refractivity contribution in [1.29, 1.82) is 0 Å². The predicted molar refractivity (Wildman–Crippen MR) is 74.2 cm³/mol. The summed E-state index contributed by atoms with van der Waals surface area (Å²) >= 11 is 0. The zero-order chi connectivity index (χ0) is 14.0. The quantitative estimate of drug-likeness (QED) is 0.811. The highest BCUT2D eigenvalue weighted by atomic mass is 16.3. The summed E-state index contributed by atoms with van der Waals surface area (Å²) in [6.07, 6.45) is 4.46. The minimum Gasteiger partial charge on any atom is -0.394 e. The first-order valence-electron chi connectivity index (χ1n) is 7.20. The van der Waals surface area contributed by atoms with Gasteiger partial charge in [-0.3, -0.25) is 4.79 Å². The maximum absolute atomic E-state index is 12.7. The highest BCUT2D eigenvalue weighted by Gasteiger charge is 2.48. The van der Waals surface area contributed by atoms with Crippen molar-refractivity contribution >= 4 is 5.91 Å². The van der Waals surface area contributed by atoms with E-state index >= 15 is 0 Å². The standard InChI is InChI=1S/C15H29NO2/c1-11(2)15(9-7-6-8-12(15)3)13(18)16-14(4,5)10-17/h11-12,17H,6-10H2,1-5H3,(H,16,18). The summed E-state index contributed by atoms with van der Waals surface area (Å²) in [4.78, 5) is 12.7. The van der Waals surface area contributed by atoms with E-state index < -0.39 is 5.54 Å². The van der Waals surface area contributed by atoms with Crippen molar-refractivity contribution in [1.82, 2.24) is 5.32 Å². The number of aliphatic hydroxyl groups is 1. The van der Waals surface area contributed by atoms with E-state index in [2.05, 4.69) is 26.1 Å². The topological polar surface area (TPSA) is 49.3 Å². The molecule has 1 amide bonds. The molecule has 0 bridgehead atoms. The predicted octanol–water partition coefficient (Wildman–Crippen LogP) is 2.73. The smallest absolute Gasteiger partial charge is 0.227 e.